The Kier molecular flexibility index (Phi) is 5.23. The van der Waals surface area contributed by atoms with Crippen molar-refractivity contribution in [1.29, 1.82) is 0 Å². The number of nitrogens with zero attached hydrogens (tertiary/aromatic N) is 3. The first-order valence-electron chi connectivity index (χ1n) is 8.11. The van der Waals surface area contributed by atoms with E-state index in [0.717, 1.165) is 17.8 Å². The van der Waals surface area contributed by atoms with Gasteiger partial charge in [-0.15, -0.1) is 11.3 Å². The van der Waals surface area contributed by atoms with Crippen molar-refractivity contribution in [3.05, 3.63) is 55.5 Å². The molecule has 1 unspecified atom stereocenters. The SMILES string of the molecule is CN(Cc1nc2c(s1)CCCC2)CC(O)c1cccc([N+](=O)[O-])c1. The van der Waals surface area contributed by atoms with E-state index >= 15 is 0 Å². The monoisotopic (exact) mass is 347 g/mol. The third-order valence-electron chi connectivity index (χ3n) is 4.25. The molecule has 1 N–H and O–H groups in total. The van der Waals surface area contributed by atoms with Gasteiger partial charge in [0.1, 0.15) is 5.01 Å². The van der Waals surface area contributed by atoms with Crippen molar-refractivity contribution in [2.24, 2.45) is 0 Å². The van der Waals surface area contributed by atoms with Gasteiger partial charge in [0.05, 0.1) is 23.3 Å². The van der Waals surface area contributed by atoms with Crippen molar-refractivity contribution in [3.63, 3.8) is 0 Å². The predicted octanol–water partition coefficient (Wildman–Crippen LogP) is 3.10. The highest BCUT2D eigenvalue weighted by Crippen LogP contribution is 2.27. The van der Waals surface area contributed by atoms with E-state index in [1.165, 1.54) is 35.5 Å². The number of non-ortho nitro benzene ring substituents is 1. The topological polar surface area (TPSA) is 79.5 Å². The molecule has 1 aromatic heterocycles. The number of aliphatic hydroxyl groups excluding tert-OH is 1. The molecule has 1 aliphatic carbocycles. The molecule has 128 valence electrons. The maximum atomic E-state index is 10.8. The lowest BCUT2D eigenvalue weighted by atomic mass is 10.0. The van der Waals surface area contributed by atoms with Crippen LogP contribution >= 0.6 is 11.3 Å². The number of aryl methyl sites for hydroxylation is 2. The number of thiazole rings is 1. The van der Waals surface area contributed by atoms with Crippen molar-refractivity contribution in [2.75, 3.05) is 13.6 Å². The van der Waals surface area contributed by atoms with Crippen molar-refractivity contribution in [2.45, 2.75) is 38.3 Å². The standard InChI is InChI=1S/C17H21N3O3S/c1-19(11-17-18-14-7-2-3-8-16(14)24-17)10-15(21)12-5-4-6-13(9-12)20(22)23/h4-6,9,15,21H,2-3,7-8,10-11H2,1H3. The van der Waals surface area contributed by atoms with Crippen molar-refractivity contribution in [3.8, 4) is 0 Å². The van der Waals surface area contributed by atoms with Gasteiger partial charge in [0.15, 0.2) is 0 Å². The first-order chi connectivity index (χ1) is 11.5. The van der Waals surface area contributed by atoms with E-state index in [1.54, 1.807) is 23.5 Å². The number of rotatable bonds is 6. The van der Waals surface area contributed by atoms with Gasteiger partial charge < -0.3 is 5.11 Å². The number of aromatic nitrogens is 1. The molecule has 0 radical (unpaired) electrons. The third-order valence-corrected chi connectivity index (χ3v) is 5.39. The van der Waals surface area contributed by atoms with E-state index in [2.05, 4.69) is 0 Å². The summed E-state index contributed by atoms with van der Waals surface area (Å²) in [6, 6.07) is 6.18. The largest absolute Gasteiger partial charge is 0.387 e. The maximum Gasteiger partial charge on any atom is 0.269 e. The van der Waals surface area contributed by atoms with E-state index in [1.807, 2.05) is 11.9 Å². The lowest BCUT2D eigenvalue weighted by molar-refractivity contribution is -0.385. The third kappa shape index (κ3) is 3.98. The van der Waals surface area contributed by atoms with Crippen molar-refractivity contribution >= 4 is 17.0 Å². The van der Waals surface area contributed by atoms with Gasteiger partial charge in [0.2, 0.25) is 0 Å². The summed E-state index contributed by atoms with van der Waals surface area (Å²) in [5.74, 6) is 0. The van der Waals surface area contributed by atoms with Crippen LogP contribution in [0.25, 0.3) is 0 Å². The predicted molar refractivity (Wildman–Crippen MR) is 93.1 cm³/mol. The molecule has 0 aliphatic heterocycles. The number of nitro groups is 1. The molecule has 6 nitrogen and oxygen atoms in total. The Morgan fingerprint density at radius 1 is 1.42 bits per heavy atom. The Bertz CT molecular complexity index is 708. The van der Waals surface area contributed by atoms with Gasteiger partial charge in [-0.25, -0.2) is 4.98 Å². The highest BCUT2D eigenvalue weighted by atomic mass is 32.1. The second-order valence-corrected chi connectivity index (χ2v) is 7.42. The molecule has 1 heterocycles. The van der Waals surface area contributed by atoms with Crippen LogP contribution in [0.1, 0.15) is 40.1 Å². The van der Waals surface area contributed by atoms with Gasteiger partial charge in [-0.1, -0.05) is 12.1 Å². The minimum absolute atomic E-state index is 0.00167. The molecule has 0 saturated carbocycles. The number of benzene rings is 1. The normalized spacial score (nSPS) is 15.3. The highest BCUT2D eigenvalue weighted by Gasteiger charge is 2.18. The molecule has 24 heavy (non-hydrogen) atoms. The van der Waals surface area contributed by atoms with Crippen molar-refractivity contribution < 1.29 is 10.0 Å². The zero-order valence-corrected chi connectivity index (χ0v) is 14.5. The van der Waals surface area contributed by atoms with E-state index < -0.39 is 11.0 Å². The summed E-state index contributed by atoms with van der Waals surface area (Å²) in [6.45, 7) is 1.09. The summed E-state index contributed by atoms with van der Waals surface area (Å²) >= 11 is 1.77. The van der Waals surface area contributed by atoms with Crippen LogP contribution in [0.2, 0.25) is 0 Å². The number of nitro benzene ring substituents is 1. The molecule has 3 rings (SSSR count). The summed E-state index contributed by atoms with van der Waals surface area (Å²) in [6.07, 6.45) is 3.91. The average molecular weight is 347 g/mol. The second kappa shape index (κ2) is 7.38. The van der Waals surface area contributed by atoms with Gasteiger partial charge in [0, 0.05) is 23.6 Å². The Hall–Kier alpha value is -1.83. The van der Waals surface area contributed by atoms with Crippen LogP contribution < -0.4 is 0 Å². The van der Waals surface area contributed by atoms with Crippen LogP contribution in [0.3, 0.4) is 0 Å². The van der Waals surface area contributed by atoms with Crippen LogP contribution in [0, 0.1) is 10.1 Å². The number of aliphatic hydroxyl groups is 1. The zero-order valence-electron chi connectivity index (χ0n) is 13.6. The summed E-state index contributed by atoms with van der Waals surface area (Å²) in [5.41, 5.74) is 1.81. The van der Waals surface area contributed by atoms with E-state index in [9.17, 15) is 15.2 Å². The summed E-state index contributed by atoms with van der Waals surface area (Å²) in [4.78, 5) is 18.5. The van der Waals surface area contributed by atoms with Gasteiger partial charge in [-0.05, 0) is 38.3 Å². The zero-order chi connectivity index (χ0) is 17.1. The number of hydrogen-bond donors (Lipinski definition) is 1. The van der Waals surface area contributed by atoms with Gasteiger partial charge >= 0.3 is 0 Å². The molecule has 1 aromatic carbocycles. The number of hydrogen-bond acceptors (Lipinski definition) is 6. The minimum atomic E-state index is -0.760. The van der Waals surface area contributed by atoms with Gasteiger partial charge in [-0.2, -0.15) is 0 Å². The minimum Gasteiger partial charge on any atom is -0.387 e. The Morgan fingerprint density at radius 3 is 2.96 bits per heavy atom. The fourth-order valence-electron chi connectivity index (χ4n) is 3.01. The Balaban J connectivity index is 1.61. The first kappa shape index (κ1) is 17.0. The first-order valence-corrected chi connectivity index (χ1v) is 8.93. The average Bonchev–Trinajstić information content (AvgIpc) is 2.96. The summed E-state index contributed by atoms with van der Waals surface area (Å²) < 4.78 is 0. The molecular formula is C17H21N3O3S. The molecule has 0 bridgehead atoms. The molecule has 2 aromatic rings. The van der Waals surface area contributed by atoms with E-state index in [4.69, 9.17) is 4.98 Å². The molecular weight excluding hydrogens is 326 g/mol. The van der Waals surface area contributed by atoms with Crippen LogP contribution in [0.4, 0.5) is 5.69 Å². The quantitative estimate of drug-likeness (QED) is 0.641. The smallest absolute Gasteiger partial charge is 0.269 e. The van der Waals surface area contributed by atoms with E-state index in [-0.39, 0.29) is 5.69 Å². The molecule has 1 aliphatic rings. The second-order valence-electron chi connectivity index (χ2n) is 6.25. The fourth-order valence-corrected chi connectivity index (χ4v) is 4.25. The van der Waals surface area contributed by atoms with Gasteiger partial charge in [0.25, 0.3) is 5.69 Å². The lowest BCUT2D eigenvalue weighted by Gasteiger charge is -2.19. The Labute approximate surface area is 144 Å². The maximum absolute atomic E-state index is 10.8. The highest BCUT2D eigenvalue weighted by molar-refractivity contribution is 7.11. The molecule has 0 spiro atoms. The summed E-state index contributed by atoms with van der Waals surface area (Å²) in [5, 5.41) is 22.3. The molecule has 7 heteroatoms. The fraction of sp³-hybridized carbons (Fsp3) is 0.471. The molecule has 0 amide bonds. The van der Waals surface area contributed by atoms with Crippen LogP contribution in [0.15, 0.2) is 24.3 Å². The van der Waals surface area contributed by atoms with Gasteiger partial charge in [-0.3, -0.25) is 15.0 Å². The lowest BCUT2D eigenvalue weighted by Crippen LogP contribution is -2.24. The van der Waals surface area contributed by atoms with E-state index in [0.29, 0.717) is 18.7 Å². The Morgan fingerprint density at radius 2 is 2.21 bits per heavy atom. The number of likely N-dealkylation sites (N-methyl/N-ethyl adjacent to an activating group) is 1. The van der Waals surface area contributed by atoms with Crippen molar-refractivity contribution in [1.82, 2.24) is 9.88 Å². The summed E-state index contributed by atoms with van der Waals surface area (Å²) in [7, 11) is 1.93. The number of fused-ring (bicyclic) bond motifs is 1. The molecule has 0 saturated heterocycles. The molecule has 1 atom stereocenters. The van der Waals surface area contributed by atoms with Crippen LogP contribution in [-0.4, -0.2) is 33.5 Å². The molecule has 0 fully saturated rings. The van der Waals surface area contributed by atoms with Crippen LogP contribution in [0.5, 0.6) is 0 Å². The van der Waals surface area contributed by atoms with Crippen LogP contribution in [-0.2, 0) is 19.4 Å².